The highest BCUT2D eigenvalue weighted by Gasteiger charge is 2.21. The average molecular weight is 226 g/mol. The molecular formula is C6H6BrClFN. The largest absolute Gasteiger partial charge is 0.371 e. The van der Waals surface area contributed by atoms with Crippen LogP contribution in [0.25, 0.3) is 0 Å². The Balaban J connectivity index is 2.87. The van der Waals surface area contributed by atoms with Gasteiger partial charge in [0.15, 0.2) is 5.83 Å². The van der Waals surface area contributed by atoms with Gasteiger partial charge in [-0.1, -0.05) is 27.5 Å². The Labute approximate surface area is 72.1 Å². The van der Waals surface area contributed by atoms with Gasteiger partial charge in [0.05, 0.1) is 5.03 Å². The highest BCUT2D eigenvalue weighted by molar-refractivity contribution is 9.10. The Morgan fingerprint density at radius 3 is 2.80 bits per heavy atom. The lowest BCUT2D eigenvalue weighted by Crippen LogP contribution is -2.32. The molecule has 0 aromatic rings. The number of hydrogen-bond acceptors (Lipinski definition) is 1. The third-order valence-electron chi connectivity index (χ3n) is 1.11. The summed E-state index contributed by atoms with van der Waals surface area (Å²) in [4.78, 5) is 0. The molecule has 1 rings (SSSR count). The van der Waals surface area contributed by atoms with Gasteiger partial charge in [0.25, 0.3) is 0 Å². The van der Waals surface area contributed by atoms with Crippen LogP contribution < -0.4 is 5.32 Å². The summed E-state index contributed by atoms with van der Waals surface area (Å²) < 4.78 is 12.1. The molecule has 1 N–H and O–H groups in total. The van der Waals surface area contributed by atoms with Crippen molar-refractivity contribution in [3.8, 4) is 0 Å². The number of nitrogens with one attached hydrogen (secondary N) is 1. The maximum atomic E-state index is 12.5. The lowest BCUT2D eigenvalue weighted by molar-refractivity contribution is 0.607. The molecule has 1 heterocycles. The minimum Gasteiger partial charge on any atom is -0.371 e. The van der Waals surface area contributed by atoms with E-state index in [0.29, 0.717) is 0 Å². The molecule has 1 aliphatic heterocycles. The van der Waals surface area contributed by atoms with Crippen molar-refractivity contribution in [3.05, 3.63) is 23.1 Å². The molecule has 0 aromatic carbocycles. The maximum absolute atomic E-state index is 12.5. The van der Waals surface area contributed by atoms with Crippen LogP contribution in [0.3, 0.4) is 0 Å². The predicted molar refractivity (Wildman–Crippen MR) is 43.6 cm³/mol. The molecule has 0 bridgehead atoms. The van der Waals surface area contributed by atoms with Crippen molar-refractivity contribution in [1.29, 1.82) is 0 Å². The van der Waals surface area contributed by atoms with E-state index in [2.05, 4.69) is 21.2 Å². The van der Waals surface area contributed by atoms with Gasteiger partial charge in [0, 0.05) is 6.20 Å². The minimum atomic E-state index is -0.432. The van der Waals surface area contributed by atoms with Crippen LogP contribution >= 0.6 is 27.5 Å². The molecule has 4 heteroatoms. The van der Waals surface area contributed by atoms with Crippen LogP contribution in [0.2, 0.25) is 0 Å². The first-order valence-corrected chi connectivity index (χ1v) is 3.89. The molecule has 0 aromatic heterocycles. The van der Waals surface area contributed by atoms with Gasteiger partial charge in [-0.25, -0.2) is 4.39 Å². The molecule has 56 valence electrons. The topological polar surface area (TPSA) is 12.0 Å². The Morgan fingerprint density at radius 2 is 2.40 bits per heavy atom. The summed E-state index contributed by atoms with van der Waals surface area (Å²) in [5.74, 6) is -0.432. The zero-order valence-corrected chi connectivity index (χ0v) is 7.63. The van der Waals surface area contributed by atoms with E-state index >= 15 is 0 Å². The third kappa shape index (κ3) is 1.73. The van der Waals surface area contributed by atoms with Crippen LogP contribution in [-0.2, 0) is 0 Å². The molecule has 10 heavy (non-hydrogen) atoms. The SMILES string of the molecule is CC1(Br)C=C(Cl)C(F)=CN1. The van der Waals surface area contributed by atoms with Gasteiger partial charge in [0.1, 0.15) is 4.45 Å². The highest BCUT2D eigenvalue weighted by atomic mass is 79.9. The van der Waals surface area contributed by atoms with Crippen molar-refractivity contribution in [2.24, 2.45) is 0 Å². The molecule has 0 saturated carbocycles. The summed E-state index contributed by atoms with van der Waals surface area (Å²) in [6.07, 6.45) is 2.79. The quantitative estimate of drug-likeness (QED) is 0.495. The number of hydrogen-bond donors (Lipinski definition) is 1. The standard InChI is InChI=1S/C6H6BrClFN/c1-6(7)2-4(8)5(9)3-10-6/h2-3,10H,1H3. The minimum absolute atomic E-state index is 0.137. The van der Waals surface area contributed by atoms with E-state index in [9.17, 15) is 4.39 Å². The lowest BCUT2D eigenvalue weighted by Gasteiger charge is -2.22. The summed E-state index contributed by atoms with van der Waals surface area (Å²) in [7, 11) is 0. The van der Waals surface area contributed by atoms with Gasteiger partial charge in [-0.3, -0.25) is 0 Å². The molecule has 0 spiro atoms. The monoisotopic (exact) mass is 225 g/mol. The van der Waals surface area contributed by atoms with E-state index in [0.717, 1.165) is 0 Å². The predicted octanol–water partition coefficient (Wildman–Crippen LogP) is 2.63. The number of rotatable bonds is 0. The molecule has 1 nitrogen and oxygen atoms in total. The average Bonchev–Trinajstić information content (AvgIpc) is 1.79. The summed E-state index contributed by atoms with van der Waals surface area (Å²) in [6.45, 7) is 1.83. The van der Waals surface area contributed by atoms with E-state index in [1.807, 2.05) is 6.92 Å². The zero-order chi connectivity index (χ0) is 7.78. The molecule has 0 saturated heterocycles. The van der Waals surface area contributed by atoms with Crippen LogP contribution in [0.15, 0.2) is 23.1 Å². The number of allylic oxidation sites excluding steroid dienone is 2. The van der Waals surface area contributed by atoms with E-state index in [4.69, 9.17) is 11.6 Å². The summed E-state index contributed by atoms with van der Waals surface area (Å²) in [5, 5.41) is 2.89. The van der Waals surface area contributed by atoms with Gasteiger partial charge in [-0.2, -0.15) is 0 Å². The highest BCUT2D eigenvalue weighted by Crippen LogP contribution is 2.27. The molecule has 1 aliphatic rings. The normalized spacial score (nSPS) is 32.4. The summed E-state index contributed by atoms with van der Waals surface area (Å²) in [5.41, 5.74) is 0. The van der Waals surface area contributed by atoms with Crippen LogP contribution in [0.5, 0.6) is 0 Å². The zero-order valence-electron chi connectivity index (χ0n) is 5.29. The van der Waals surface area contributed by atoms with Crippen LogP contribution in [0.4, 0.5) is 4.39 Å². The second kappa shape index (κ2) is 2.55. The Bertz CT molecular complexity index is 210. The van der Waals surface area contributed by atoms with E-state index < -0.39 is 10.3 Å². The Morgan fingerprint density at radius 1 is 1.80 bits per heavy atom. The van der Waals surface area contributed by atoms with Gasteiger partial charge < -0.3 is 5.32 Å². The first-order valence-electron chi connectivity index (χ1n) is 2.72. The van der Waals surface area contributed by atoms with Crippen LogP contribution in [-0.4, -0.2) is 4.45 Å². The van der Waals surface area contributed by atoms with Gasteiger partial charge in [-0.05, 0) is 13.0 Å². The number of dihydropyridines is 1. The first kappa shape index (κ1) is 8.08. The second-order valence-corrected chi connectivity index (χ2v) is 4.26. The van der Waals surface area contributed by atoms with Crippen molar-refractivity contribution in [3.63, 3.8) is 0 Å². The fraction of sp³-hybridized carbons (Fsp3) is 0.333. The first-order chi connectivity index (χ1) is 4.51. The molecule has 0 amide bonds. The van der Waals surface area contributed by atoms with Crippen LogP contribution in [0, 0.1) is 0 Å². The van der Waals surface area contributed by atoms with Gasteiger partial charge in [-0.15, -0.1) is 0 Å². The van der Waals surface area contributed by atoms with Crippen molar-refractivity contribution >= 4 is 27.5 Å². The molecule has 1 atom stereocenters. The van der Waals surface area contributed by atoms with Crippen molar-refractivity contribution in [2.75, 3.05) is 0 Å². The summed E-state index contributed by atoms with van der Waals surface area (Å²) in [6, 6.07) is 0. The second-order valence-electron chi connectivity index (χ2n) is 2.20. The van der Waals surface area contributed by atoms with E-state index in [1.54, 1.807) is 6.08 Å². The molecule has 1 unspecified atom stereocenters. The van der Waals surface area contributed by atoms with E-state index in [1.165, 1.54) is 6.20 Å². The lowest BCUT2D eigenvalue weighted by atomic mass is 10.2. The molecule has 0 radical (unpaired) electrons. The van der Waals surface area contributed by atoms with E-state index in [-0.39, 0.29) is 5.03 Å². The van der Waals surface area contributed by atoms with Crippen molar-refractivity contribution < 1.29 is 4.39 Å². The molecule has 0 aliphatic carbocycles. The summed E-state index contributed by atoms with van der Waals surface area (Å²) >= 11 is 8.78. The van der Waals surface area contributed by atoms with Gasteiger partial charge >= 0.3 is 0 Å². The van der Waals surface area contributed by atoms with Crippen LogP contribution in [0.1, 0.15) is 6.92 Å². The maximum Gasteiger partial charge on any atom is 0.157 e. The van der Waals surface area contributed by atoms with Gasteiger partial charge in [0.2, 0.25) is 0 Å². The Kier molecular flexibility index (Phi) is 2.06. The Hall–Kier alpha value is -0.0200. The number of halogens is 3. The third-order valence-corrected chi connectivity index (χ3v) is 1.85. The van der Waals surface area contributed by atoms with Crippen molar-refractivity contribution in [2.45, 2.75) is 11.4 Å². The molecular weight excluding hydrogens is 220 g/mol. The fourth-order valence-electron chi connectivity index (χ4n) is 0.622. The van der Waals surface area contributed by atoms with Crippen molar-refractivity contribution in [1.82, 2.24) is 5.32 Å². The number of alkyl halides is 1. The fourth-order valence-corrected chi connectivity index (χ4v) is 1.37. The smallest absolute Gasteiger partial charge is 0.157 e. The molecule has 0 fully saturated rings.